The Kier molecular flexibility index (Phi) is 4.32. The van der Waals surface area contributed by atoms with E-state index < -0.39 is 4.92 Å². The first-order valence-corrected chi connectivity index (χ1v) is 8.15. The zero-order valence-electron chi connectivity index (χ0n) is 13.8. The van der Waals surface area contributed by atoms with Crippen molar-refractivity contribution < 1.29 is 14.4 Å². The van der Waals surface area contributed by atoms with Crippen LogP contribution in [0.5, 0.6) is 6.01 Å². The zero-order chi connectivity index (χ0) is 17.9. The summed E-state index contributed by atoms with van der Waals surface area (Å²) in [6, 6.07) is 12.2. The van der Waals surface area contributed by atoms with Gasteiger partial charge in [-0.3, -0.25) is 9.55 Å². The molecule has 4 rings (SSSR count). The van der Waals surface area contributed by atoms with Crippen LogP contribution in [0.4, 0.5) is 5.82 Å². The molecular weight excluding hydrogens is 336 g/mol. The number of nitrogens with zero attached hydrogens (tertiary/aromatic N) is 4. The summed E-state index contributed by atoms with van der Waals surface area (Å²) < 4.78 is 13.1. The van der Waals surface area contributed by atoms with Gasteiger partial charge >= 0.3 is 11.8 Å². The van der Waals surface area contributed by atoms with Crippen LogP contribution in [0.1, 0.15) is 5.56 Å². The molecule has 0 saturated heterocycles. The molecule has 0 aliphatic carbocycles. The molecule has 0 bridgehead atoms. The molecule has 1 aliphatic heterocycles. The molecule has 1 aliphatic rings. The Bertz CT molecular complexity index is 926. The van der Waals surface area contributed by atoms with Crippen LogP contribution in [0.25, 0.3) is 11.1 Å². The second-order valence-corrected chi connectivity index (χ2v) is 5.93. The fourth-order valence-corrected chi connectivity index (χ4v) is 2.92. The minimum absolute atomic E-state index is 0.210. The van der Waals surface area contributed by atoms with Gasteiger partial charge in [0.05, 0.1) is 13.2 Å². The van der Waals surface area contributed by atoms with Crippen LogP contribution in [0, 0.1) is 10.1 Å². The van der Waals surface area contributed by atoms with Gasteiger partial charge in [0.25, 0.3) is 0 Å². The van der Waals surface area contributed by atoms with Gasteiger partial charge in [0.1, 0.15) is 18.9 Å². The minimum atomic E-state index is -0.533. The van der Waals surface area contributed by atoms with Crippen molar-refractivity contribution in [3.8, 4) is 17.1 Å². The number of benzene rings is 1. The molecule has 0 fully saturated rings. The molecule has 0 saturated carbocycles. The van der Waals surface area contributed by atoms with Crippen molar-refractivity contribution in [1.82, 2.24) is 14.5 Å². The third-order valence-electron chi connectivity index (χ3n) is 4.18. The number of hydrogen-bond donors (Lipinski definition) is 0. The lowest BCUT2D eigenvalue weighted by atomic mass is 10.0. The highest BCUT2D eigenvalue weighted by Gasteiger charge is 2.28. The number of fused-ring (bicyclic) bond motifs is 1. The van der Waals surface area contributed by atoms with E-state index in [0.717, 1.165) is 16.7 Å². The van der Waals surface area contributed by atoms with Crippen LogP contribution >= 0.6 is 0 Å². The molecular formula is C18H16N4O4. The Morgan fingerprint density at radius 2 is 2.19 bits per heavy atom. The van der Waals surface area contributed by atoms with Crippen LogP contribution in [-0.2, 0) is 17.9 Å². The summed E-state index contributed by atoms with van der Waals surface area (Å²) >= 11 is 0. The highest BCUT2D eigenvalue weighted by atomic mass is 16.6. The van der Waals surface area contributed by atoms with Gasteiger partial charge < -0.3 is 19.6 Å². The van der Waals surface area contributed by atoms with Crippen molar-refractivity contribution in [3.63, 3.8) is 0 Å². The van der Waals surface area contributed by atoms with E-state index in [-0.39, 0.29) is 17.9 Å². The van der Waals surface area contributed by atoms with Gasteiger partial charge in [0.2, 0.25) is 0 Å². The first-order valence-electron chi connectivity index (χ1n) is 8.15. The van der Waals surface area contributed by atoms with Gasteiger partial charge in [-0.25, -0.2) is 0 Å². The monoisotopic (exact) mass is 352 g/mol. The Balaban J connectivity index is 1.46. The van der Waals surface area contributed by atoms with Gasteiger partial charge in [-0.05, 0) is 22.1 Å². The van der Waals surface area contributed by atoms with E-state index in [1.54, 1.807) is 10.8 Å². The predicted octanol–water partition coefficient (Wildman–Crippen LogP) is 2.83. The minimum Gasteiger partial charge on any atom is -0.443 e. The van der Waals surface area contributed by atoms with Gasteiger partial charge in [-0.2, -0.15) is 0 Å². The molecule has 0 unspecified atom stereocenters. The average Bonchev–Trinajstić information content (AvgIpc) is 3.11. The predicted molar refractivity (Wildman–Crippen MR) is 92.6 cm³/mol. The summed E-state index contributed by atoms with van der Waals surface area (Å²) in [7, 11) is 0. The molecule has 1 aromatic carbocycles. The number of imidazole rings is 1. The van der Waals surface area contributed by atoms with Crippen molar-refractivity contribution >= 4 is 5.82 Å². The maximum atomic E-state index is 10.8. The average molecular weight is 352 g/mol. The lowest BCUT2D eigenvalue weighted by molar-refractivity contribution is -0.389. The van der Waals surface area contributed by atoms with Crippen molar-refractivity contribution in [2.75, 3.05) is 6.61 Å². The van der Waals surface area contributed by atoms with Crippen molar-refractivity contribution in [1.29, 1.82) is 0 Å². The lowest BCUT2D eigenvalue weighted by Crippen LogP contribution is -2.32. The highest BCUT2D eigenvalue weighted by Crippen LogP contribution is 2.26. The third-order valence-corrected chi connectivity index (χ3v) is 4.18. The summed E-state index contributed by atoms with van der Waals surface area (Å²) in [5, 5.41) is 10.8. The van der Waals surface area contributed by atoms with Crippen molar-refractivity contribution in [3.05, 3.63) is 70.7 Å². The van der Waals surface area contributed by atoms with Crippen LogP contribution < -0.4 is 4.74 Å². The van der Waals surface area contributed by atoms with Crippen LogP contribution in [0.2, 0.25) is 0 Å². The fraction of sp³-hybridized carbons (Fsp3) is 0.222. The number of rotatable bonds is 5. The van der Waals surface area contributed by atoms with Crippen molar-refractivity contribution in [2.24, 2.45) is 0 Å². The maximum absolute atomic E-state index is 10.8. The second kappa shape index (κ2) is 6.93. The topological polar surface area (TPSA) is 92.3 Å². The molecule has 0 N–H and O–H groups in total. The molecule has 3 aromatic rings. The first kappa shape index (κ1) is 16.2. The normalized spacial score (nSPS) is 15.9. The smallest absolute Gasteiger partial charge is 0.414 e. The second-order valence-electron chi connectivity index (χ2n) is 5.93. The summed E-state index contributed by atoms with van der Waals surface area (Å²) in [6.45, 7) is 1.18. The number of ether oxygens (including phenoxy) is 2. The number of nitro groups is 1. The number of pyridine rings is 1. The summed E-state index contributed by atoms with van der Waals surface area (Å²) in [5.41, 5.74) is 3.14. The van der Waals surface area contributed by atoms with E-state index in [4.69, 9.17) is 9.47 Å². The summed E-state index contributed by atoms with van der Waals surface area (Å²) in [5.74, 6) is -0.220. The van der Waals surface area contributed by atoms with Crippen LogP contribution in [0.3, 0.4) is 0 Å². The Labute approximate surface area is 149 Å². The lowest BCUT2D eigenvalue weighted by Gasteiger charge is -2.23. The molecule has 0 amide bonds. The summed E-state index contributed by atoms with van der Waals surface area (Å²) in [6.07, 6.45) is 4.72. The highest BCUT2D eigenvalue weighted by molar-refractivity contribution is 5.66. The van der Waals surface area contributed by atoms with E-state index in [9.17, 15) is 10.1 Å². The molecule has 0 spiro atoms. The van der Waals surface area contributed by atoms with Gasteiger partial charge in [-0.15, -0.1) is 0 Å². The quantitative estimate of drug-likeness (QED) is 0.518. The molecule has 0 radical (unpaired) electrons. The van der Waals surface area contributed by atoms with Gasteiger partial charge in [0.15, 0.2) is 0 Å². The van der Waals surface area contributed by atoms with E-state index >= 15 is 0 Å². The van der Waals surface area contributed by atoms with E-state index in [2.05, 4.69) is 9.97 Å². The molecule has 8 nitrogen and oxygen atoms in total. The van der Waals surface area contributed by atoms with Crippen LogP contribution in [0.15, 0.2) is 55.0 Å². The molecule has 1 atom stereocenters. The van der Waals surface area contributed by atoms with E-state index in [1.165, 1.54) is 6.20 Å². The molecule has 8 heteroatoms. The fourth-order valence-electron chi connectivity index (χ4n) is 2.92. The Morgan fingerprint density at radius 1 is 1.31 bits per heavy atom. The first-order chi connectivity index (χ1) is 12.7. The Hall–Kier alpha value is -3.26. The molecule has 2 aromatic heterocycles. The van der Waals surface area contributed by atoms with E-state index in [0.29, 0.717) is 19.8 Å². The standard InChI is InChI=1S/C18H16N4O4/c23-22(24)17-10-21-9-15(12-26-18(21)20-17)25-11-14-4-1-2-6-16(14)13-5-3-7-19-8-13/h1-8,10,15H,9,11-12H2/t15-/m0/s1. The zero-order valence-corrected chi connectivity index (χ0v) is 13.8. The van der Waals surface area contributed by atoms with Gasteiger partial charge in [-0.1, -0.05) is 30.3 Å². The van der Waals surface area contributed by atoms with Gasteiger partial charge in [0, 0.05) is 22.9 Å². The van der Waals surface area contributed by atoms with Crippen molar-refractivity contribution in [2.45, 2.75) is 19.3 Å². The number of hydrogen-bond acceptors (Lipinski definition) is 6. The number of aromatic nitrogens is 3. The maximum Gasteiger partial charge on any atom is 0.414 e. The third kappa shape index (κ3) is 3.27. The van der Waals surface area contributed by atoms with E-state index in [1.807, 2.05) is 42.6 Å². The molecule has 3 heterocycles. The molecule has 132 valence electrons. The summed E-state index contributed by atoms with van der Waals surface area (Å²) in [4.78, 5) is 18.3. The SMILES string of the molecule is O=[N+]([O-])c1cn2c(n1)OC[C@@H](OCc1ccccc1-c1cccnc1)C2. The largest absolute Gasteiger partial charge is 0.443 e. The molecule has 26 heavy (non-hydrogen) atoms. The Morgan fingerprint density at radius 3 is 3.00 bits per heavy atom. The van der Waals surface area contributed by atoms with Crippen LogP contribution in [-0.4, -0.2) is 32.2 Å².